The van der Waals surface area contributed by atoms with Gasteiger partial charge in [-0.05, 0) is 41.5 Å². The summed E-state index contributed by atoms with van der Waals surface area (Å²) in [6.45, 7) is 0.259. The Bertz CT molecular complexity index is 847. The number of rotatable bonds is 5. The van der Waals surface area contributed by atoms with Crippen LogP contribution in [0.1, 0.15) is 11.1 Å². The molecule has 128 valence electrons. The molecule has 1 aliphatic rings. The number of halogens is 1. The molecule has 2 aromatic rings. The maximum Gasteiger partial charge on any atom is 0.326 e. The average Bonchev–Trinajstić information content (AvgIpc) is 2.92. The lowest BCUT2D eigenvalue weighted by Crippen LogP contribution is -2.22. The molecule has 0 unspecified atom stereocenters. The van der Waals surface area contributed by atoms with Gasteiger partial charge in [-0.2, -0.15) is 0 Å². The third kappa shape index (κ3) is 3.95. The van der Waals surface area contributed by atoms with Gasteiger partial charge in [0.15, 0.2) is 11.5 Å². The summed E-state index contributed by atoms with van der Waals surface area (Å²) in [7, 11) is 1.50. The zero-order chi connectivity index (χ0) is 17.8. The smallest absolute Gasteiger partial charge is 0.326 e. The number of urea groups is 1. The fraction of sp³-hybridized carbons (Fsp3) is 0.111. The molecular weight excluding hydrogens is 327 g/mol. The Labute approximate surface area is 143 Å². The third-order valence-electron chi connectivity index (χ3n) is 3.53. The monoisotopic (exact) mass is 342 g/mol. The minimum atomic E-state index is -0.553. The highest BCUT2D eigenvalue weighted by molar-refractivity contribution is 6.14. The molecule has 25 heavy (non-hydrogen) atoms. The van der Waals surface area contributed by atoms with Gasteiger partial charge in [0.05, 0.1) is 7.11 Å². The average molecular weight is 342 g/mol. The summed E-state index contributed by atoms with van der Waals surface area (Å²) in [5.74, 6) is 0.192. The number of hydrogen-bond acceptors (Lipinski definition) is 4. The van der Waals surface area contributed by atoms with Crippen LogP contribution in [0.4, 0.5) is 9.18 Å². The van der Waals surface area contributed by atoms with Crippen LogP contribution in [0.2, 0.25) is 0 Å². The van der Waals surface area contributed by atoms with Gasteiger partial charge in [-0.3, -0.25) is 10.1 Å². The van der Waals surface area contributed by atoms with Crippen molar-refractivity contribution < 1.29 is 23.5 Å². The van der Waals surface area contributed by atoms with Crippen molar-refractivity contribution in [1.29, 1.82) is 0 Å². The fourth-order valence-corrected chi connectivity index (χ4v) is 2.28. The summed E-state index contributed by atoms with van der Waals surface area (Å²) in [6.07, 6.45) is 1.53. The molecule has 7 heteroatoms. The van der Waals surface area contributed by atoms with Gasteiger partial charge in [0, 0.05) is 0 Å². The molecule has 1 aliphatic heterocycles. The van der Waals surface area contributed by atoms with Crippen molar-refractivity contribution in [2.45, 2.75) is 6.61 Å². The Hall–Kier alpha value is -3.35. The van der Waals surface area contributed by atoms with E-state index in [1.54, 1.807) is 30.3 Å². The van der Waals surface area contributed by atoms with Crippen molar-refractivity contribution in [3.63, 3.8) is 0 Å². The van der Waals surface area contributed by atoms with Gasteiger partial charge in [-0.1, -0.05) is 18.2 Å². The Morgan fingerprint density at radius 2 is 1.80 bits per heavy atom. The Balaban J connectivity index is 1.75. The number of imide groups is 1. The van der Waals surface area contributed by atoms with E-state index in [0.717, 1.165) is 5.56 Å². The molecule has 1 fully saturated rings. The Morgan fingerprint density at radius 3 is 2.44 bits per heavy atom. The first-order valence-electron chi connectivity index (χ1n) is 7.44. The SMILES string of the molecule is COc1cc(/C=C2\NC(=O)NC2=O)ccc1OCc1ccc(F)cc1. The molecule has 2 aromatic carbocycles. The van der Waals surface area contributed by atoms with Crippen LogP contribution in [0, 0.1) is 5.82 Å². The van der Waals surface area contributed by atoms with E-state index in [0.29, 0.717) is 17.1 Å². The van der Waals surface area contributed by atoms with Gasteiger partial charge in [0.1, 0.15) is 18.1 Å². The Morgan fingerprint density at radius 1 is 1.04 bits per heavy atom. The van der Waals surface area contributed by atoms with Crippen LogP contribution in [0.3, 0.4) is 0 Å². The van der Waals surface area contributed by atoms with E-state index in [1.165, 1.54) is 25.3 Å². The summed E-state index contributed by atoms with van der Waals surface area (Å²) >= 11 is 0. The molecule has 3 rings (SSSR count). The maximum absolute atomic E-state index is 12.9. The van der Waals surface area contributed by atoms with Crippen molar-refractivity contribution in [1.82, 2.24) is 10.6 Å². The first-order chi connectivity index (χ1) is 12.0. The maximum atomic E-state index is 12.9. The first kappa shape index (κ1) is 16.5. The number of methoxy groups -OCH3 is 1. The van der Waals surface area contributed by atoms with E-state index in [4.69, 9.17) is 9.47 Å². The largest absolute Gasteiger partial charge is 0.493 e. The van der Waals surface area contributed by atoms with E-state index in [-0.39, 0.29) is 18.1 Å². The van der Waals surface area contributed by atoms with Crippen LogP contribution in [-0.2, 0) is 11.4 Å². The van der Waals surface area contributed by atoms with Gasteiger partial charge in [0.2, 0.25) is 0 Å². The second kappa shape index (κ2) is 7.04. The molecule has 0 saturated carbocycles. The third-order valence-corrected chi connectivity index (χ3v) is 3.53. The molecule has 0 aliphatic carbocycles. The molecular formula is C18H15FN2O4. The van der Waals surface area contributed by atoms with Crippen molar-refractivity contribution in [2.24, 2.45) is 0 Å². The summed E-state index contributed by atoms with van der Waals surface area (Å²) in [4.78, 5) is 22.7. The van der Waals surface area contributed by atoms with Crippen LogP contribution in [0.5, 0.6) is 11.5 Å². The summed E-state index contributed by atoms with van der Waals surface area (Å²) in [5.41, 5.74) is 1.64. The zero-order valence-electron chi connectivity index (χ0n) is 13.3. The van der Waals surface area contributed by atoms with Crippen LogP contribution in [0.15, 0.2) is 48.2 Å². The number of amides is 3. The standard InChI is InChI=1S/C18H15FN2O4/c1-24-16-9-12(8-14-17(22)21-18(23)20-14)4-7-15(16)25-10-11-2-5-13(19)6-3-11/h2-9H,10H2,1H3,(H2,20,21,22,23)/b14-8-. The van der Waals surface area contributed by atoms with Gasteiger partial charge in [-0.15, -0.1) is 0 Å². The van der Waals surface area contributed by atoms with Crippen LogP contribution in [-0.4, -0.2) is 19.0 Å². The van der Waals surface area contributed by atoms with E-state index in [2.05, 4.69) is 10.6 Å². The van der Waals surface area contributed by atoms with Gasteiger partial charge in [0.25, 0.3) is 5.91 Å². The molecule has 2 N–H and O–H groups in total. The highest BCUT2D eigenvalue weighted by Crippen LogP contribution is 2.29. The summed E-state index contributed by atoms with van der Waals surface area (Å²) < 4.78 is 23.9. The van der Waals surface area contributed by atoms with Crippen LogP contribution in [0.25, 0.3) is 6.08 Å². The minimum Gasteiger partial charge on any atom is -0.493 e. The molecule has 0 atom stereocenters. The van der Waals surface area contributed by atoms with Crippen molar-refractivity contribution in [3.05, 3.63) is 65.1 Å². The van der Waals surface area contributed by atoms with Gasteiger partial charge in [-0.25, -0.2) is 9.18 Å². The predicted molar refractivity (Wildman–Crippen MR) is 88.4 cm³/mol. The molecule has 0 aromatic heterocycles. The molecule has 0 bridgehead atoms. The Kier molecular flexibility index (Phi) is 4.65. The molecule has 0 spiro atoms. The highest BCUT2D eigenvalue weighted by Gasteiger charge is 2.22. The van der Waals surface area contributed by atoms with Crippen molar-refractivity contribution in [2.75, 3.05) is 7.11 Å². The van der Waals surface area contributed by atoms with E-state index < -0.39 is 11.9 Å². The normalized spacial score (nSPS) is 15.0. The zero-order valence-corrected chi connectivity index (χ0v) is 13.3. The molecule has 1 saturated heterocycles. The second-order valence-corrected chi connectivity index (χ2v) is 5.29. The number of hydrogen-bond donors (Lipinski definition) is 2. The quantitative estimate of drug-likeness (QED) is 0.647. The molecule has 3 amide bonds. The van der Waals surface area contributed by atoms with Crippen LogP contribution < -0.4 is 20.1 Å². The van der Waals surface area contributed by atoms with E-state index in [1.807, 2.05) is 0 Å². The number of ether oxygens (including phenoxy) is 2. The first-order valence-corrected chi connectivity index (χ1v) is 7.44. The number of carbonyl (C=O) groups excluding carboxylic acids is 2. The fourth-order valence-electron chi connectivity index (χ4n) is 2.28. The number of benzene rings is 2. The van der Waals surface area contributed by atoms with Gasteiger partial charge < -0.3 is 14.8 Å². The topological polar surface area (TPSA) is 76.7 Å². The molecule has 6 nitrogen and oxygen atoms in total. The second-order valence-electron chi connectivity index (χ2n) is 5.29. The van der Waals surface area contributed by atoms with Crippen molar-refractivity contribution in [3.8, 4) is 11.5 Å². The van der Waals surface area contributed by atoms with Gasteiger partial charge >= 0.3 is 6.03 Å². The predicted octanol–water partition coefficient (Wildman–Crippen LogP) is 2.59. The van der Waals surface area contributed by atoms with E-state index >= 15 is 0 Å². The van der Waals surface area contributed by atoms with Crippen LogP contribution >= 0.6 is 0 Å². The van der Waals surface area contributed by atoms with E-state index in [9.17, 15) is 14.0 Å². The lowest BCUT2D eigenvalue weighted by Gasteiger charge is -2.11. The molecule has 1 heterocycles. The molecule has 0 radical (unpaired) electrons. The summed E-state index contributed by atoms with van der Waals surface area (Å²) in [6, 6.07) is 10.6. The lowest BCUT2D eigenvalue weighted by atomic mass is 10.1. The lowest BCUT2D eigenvalue weighted by molar-refractivity contribution is -0.115. The number of carbonyl (C=O) groups is 2. The minimum absolute atomic E-state index is 0.159. The number of nitrogens with one attached hydrogen (secondary N) is 2. The van der Waals surface area contributed by atoms with Crippen molar-refractivity contribution >= 4 is 18.0 Å². The highest BCUT2D eigenvalue weighted by atomic mass is 19.1. The summed E-state index contributed by atoms with van der Waals surface area (Å²) in [5, 5.41) is 4.54.